The lowest BCUT2D eigenvalue weighted by atomic mass is 9.51. The first-order valence-electron chi connectivity index (χ1n) is 9.40. The van der Waals surface area contributed by atoms with E-state index in [-0.39, 0.29) is 34.8 Å². The summed E-state index contributed by atoms with van der Waals surface area (Å²) >= 11 is 0. The maximum Gasteiger partial charge on any atom is 0.233 e. The van der Waals surface area contributed by atoms with Crippen molar-refractivity contribution in [2.24, 2.45) is 17.3 Å². The molecule has 3 aliphatic carbocycles. The normalized spacial score (nSPS) is 38.1. The number of methoxy groups -OCH3 is 1. The van der Waals surface area contributed by atoms with Crippen LogP contribution in [0.5, 0.6) is 0 Å². The highest BCUT2D eigenvalue weighted by Gasteiger charge is 2.59. The summed E-state index contributed by atoms with van der Waals surface area (Å²) < 4.78 is 5.49. The van der Waals surface area contributed by atoms with E-state index in [2.05, 4.69) is 6.58 Å². The lowest BCUT2D eigenvalue weighted by molar-refractivity contribution is -0.135. The Morgan fingerprint density at radius 2 is 1.96 bits per heavy atom. The summed E-state index contributed by atoms with van der Waals surface area (Å²) in [7, 11) is 1.40. The smallest absolute Gasteiger partial charge is 0.233 e. The van der Waals surface area contributed by atoms with Gasteiger partial charge < -0.3 is 20.1 Å². The molecular weight excluding hydrogens is 348 g/mol. The van der Waals surface area contributed by atoms with E-state index in [4.69, 9.17) is 4.74 Å². The summed E-state index contributed by atoms with van der Waals surface area (Å²) in [4.78, 5) is 25.8. The highest BCUT2D eigenvalue weighted by atomic mass is 16.5. The van der Waals surface area contributed by atoms with E-state index < -0.39 is 41.2 Å². The van der Waals surface area contributed by atoms with Gasteiger partial charge in [0.2, 0.25) is 11.6 Å². The monoisotopic (exact) mass is 376 g/mol. The van der Waals surface area contributed by atoms with Crippen molar-refractivity contribution in [1.82, 2.24) is 0 Å². The third-order valence-corrected chi connectivity index (χ3v) is 6.59. The molecule has 0 bridgehead atoms. The third-order valence-electron chi connectivity index (χ3n) is 6.59. The van der Waals surface area contributed by atoms with Crippen molar-refractivity contribution in [3.63, 3.8) is 0 Å². The van der Waals surface area contributed by atoms with Crippen LogP contribution in [-0.4, -0.2) is 52.3 Å². The molecular formula is C21H28O6. The molecule has 3 N–H and O–H groups in total. The zero-order valence-corrected chi connectivity index (χ0v) is 16.3. The first-order valence-corrected chi connectivity index (χ1v) is 9.40. The molecule has 0 amide bonds. The molecule has 0 aromatic heterocycles. The maximum absolute atomic E-state index is 13.1. The number of aliphatic hydroxyl groups is 3. The number of hydrogen-bond acceptors (Lipinski definition) is 6. The third kappa shape index (κ3) is 2.73. The van der Waals surface area contributed by atoms with Crippen LogP contribution in [-0.2, 0) is 14.3 Å². The van der Waals surface area contributed by atoms with E-state index in [1.54, 1.807) is 0 Å². The second-order valence-corrected chi connectivity index (χ2v) is 8.38. The van der Waals surface area contributed by atoms with E-state index in [9.17, 15) is 24.9 Å². The predicted molar refractivity (Wildman–Crippen MR) is 98.9 cm³/mol. The minimum absolute atomic E-state index is 0.118. The number of Topliss-reactive ketones (excluding diaryl/α,β-unsaturated/α-hetero) is 2. The Bertz CT molecular complexity index is 774. The number of allylic oxidation sites excluding steroid dienone is 1. The van der Waals surface area contributed by atoms with Crippen LogP contribution in [0, 0.1) is 17.3 Å². The highest BCUT2D eigenvalue weighted by molar-refractivity contribution is 6.50. The highest BCUT2D eigenvalue weighted by Crippen LogP contribution is 2.58. The molecule has 27 heavy (non-hydrogen) atoms. The van der Waals surface area contributed by atoms with Crippen molar-refractivity contribution >= 4 is 11.6 Å². The molecule has 3 rings (SSSR count). The van der Waals surface area contributed by atoms with Gasteiger partial charge in [0, 0.05) is 41.6 Å². The van der Waals surface area contributed by atoms with Gasteiger partial charge in [-0.05, 0) is 25.7 Å². The Morgan fingerprint density at radius 1 is 1.33 bits per heavy atom. The zero-order valence-electron chi connectivity index (χ0n) is 16.3. The van der Waals surface area contributed by atoms with Gasteiger partial charge in [-0.2, -0.15) is 0 Å². The minimum atomic E-state index is -0.995. The second-order valence-electron chi connectivity index (χ2n) is 8.38. The van der Waals surface area contributed by atoms with Crippen molar-refractivity contribution in [1.29, 1.82) is 0 Å². The molecule has 0 spiro atoms. The van der Waals surface area contributed by atoms with Crippen molar-refractivity contribution in [2.45, 2.75) is 58.3 Å². The van der Waals surface area contributed by atoms with Gasteiger partial charge in [-0.3, -0.25) is 9.59 Å². The molecule has 0 aliphatic heterocycles. The lowest BCUT2D eigenvalue weighted by Gasteiger charge is -2.54. The average Bonchev–Trinajstić information content (AvgIpc) is 2.59. The number of ether oxygens (including phenoxy) is 1. The van der Waals surface area contributed by atoms with Crippen molar-refractivity contribution in [3.05, 3.63) is 34.6 Å². The molecule has 0 saturated heterocycles. The molecule has 0 aromatic carbocycles. The fourth-order valence-electron chi connectivity index (χ4n) is 5.14. The number of carbonyl (C=O) groups excluding carboxylic acids is 2. The molecule has 6 heteroatoms. The van der Waals surface area contributed by atoms with Gasteiger partial charge in [-0.1, -0.05) is 26.0 Å². The molecule has 1 saturated carbocycles. The van der Waals surface area contributed by atoms with Crippen molar-refractivity contribution < 1.29 is 29.6 Å². The van der Waals surface area contributed by atoms with Crippen LogP contribution in [0.15, 0.2) is 34.6 Å². The molecule has 6 nitrogen and oxygen atoms in total. The predicted octanol–water partition coefficient (Wildman–Crippen LogP) is 2.02. The lowest BCUT2D eigenvalue weighted by Crippen LogP contribution is -2.56. The number of rotatable bonds is 3. The molecule has 148 valence electrons. The Hall–Kier alpha value is -1.76. The first-order chi connectivity index (χ1) is 12.6. The van der Waals surface area contributed by atoms with E-state index in [0.29, 0.717) is 6.42 Å². The summed E-state index contributed by atoms with van der Waals surface area (Å²) in [6, 6.07) is 0. The van der Waals surface area contributed by atoms with Crippen molar-refractivity contribution in [3.8, 4) is 0 Å². The van der Waals surface area contributed by atoms with Gasteiger partial charge in [0.1, 0.15) is 11.9 Å². The number of aliphatic hydroxyl groups excluding tert-OH is 3. The van der Waals surface area contributed by atoms with Crippen LogP contribution in [0.2, 0.25) is 0 Å². The number of hydrogen-bond donors (Lipinski definition) is 3. The van der Waals surface area contributed by atoms with Gasteiger partial charge in [-0.15, -0.1) is 0 Å². The van der Waals surface area contributed by atoms with Gasteiger partial charge in [0.25, 0.3) is 0 Å². The molecule has 1 fully saturated rings. The average molecular weight is 376 g/mol. The number of fused-ring (bicyclic) bond motifs is 2. The Balaban J connectivity index is 2.28. The topological polar surface area (TPSA) is 104 Å². The van der Waals surface area contributed by atoms with Crippen molar-refractivity contribution in [2.75, 3.05) is 7.11 Å². The number of carbonyl (C=O) groups is 2. The summed E-state index contributed by atoms with van der Waals surface area (Å²) in [6.45, 7) is 9.53. The Labute approximate surface area is 159 Å². The molecule has 3 aliphatic rings. The zero-order chi connectivity index (χ0) is 20.3. The fraction of sp³-hybridized carbons (Fsp3) is 0.619. The first kappa shape index (κ1) is 20.0. The van der Waals surface area contributed by atoms with Crippen LogP contribution in [0.3, 0.4) is 0 Å². The second kappa shape index (κ2) is 6.69. The quantitative estimate of drug-likeness (QED) is 0.395. The molecule has 6 atom stereocenters. The van der Waals surface area contributed by atoms with Gasteiger partial charge >= 0.3 is 0 Å². The molecule has 0 aromatic rings. The van der Waals surface area contributed by atoms with Crippen LogP contribution < -0.4 is 0 Å². The van der Waals surface area contributed by atoms with Crippen LogP contribution in [0.4, 0.5) is 0 Å². The molecule has 0 radical (unpaired) electrons. The van der Waals surface area contributed by atoms with Gasteiger partial charge in [0.15, 0.2) is 0 Å². The standard InChI is InChI=1S/C21H28O6/c1-9-6-7-21(4)14(11(9)3)19(26)20(27-5)13-15(21)18(25)17(24)12(16(13)23)8-10(2)22/h9-10,14,19-20,22-23,26H,3,6-8H2,1-2,4-5H3. The summed E-state index contributed by atoms with van der Waals surface area (Å²) in [5.74, 6) is -2.07. The number of ketones is 2. The van der Waals surface area contributed by atoms with E-state index in [0.717, 1.165) is 12.0 Å². The van der Waals surface area contributed by atoms with E-state index in [1.165, 1.54) is 14.0 Å². The maximum atomic E-state index is 13.1. The van der Waals surface area contributed by atoms with Crippen LogP contribution >= 0.6 is 0 Å². The van der Waals surface area contributed by atoms with Crippen LogP contribution in [0.25, 0.3) is 0 Å². The van der Waals surface area contributed by atoms with Gasteiger partial charge in [-0.25, -0.2) is 0 Å². The SMILES string of the molecule is C=C1C(C)CCC2(C)C3=C(C(O)=C(CC(C)O)C(=O)C3=O)C(OC)C(O)C12. The Morgan fingerprint density at radius 3 is 2.52 bits per heavy atom. The minimum Gasteiger partial charge on any atom is -0.507 e. The van der Waals surface area contributed by atoms with E-state index >= 15 is 0 Å². The molecule has 6 unspecified atom stereocenters. The summed E-state index contributed by atoms with van der Waals surface area (Å²) in [5, 5.41) is 31.6. The fourth-order valence-corrected chi connectivity index (χ4v) is 5.14. The van der Waals surface area contributed by atoms with Gasteiger partial charge in [0.05, 0.1) is 12.2 Å². The summed E-state index contributed by atoms with van der Waals surface area (Å²) in [6.07, 6.45) is -1.59. The summed E-state index contributed by atoms with van der Waals surface area (Å²) in [5.41, 5.74) is 0.335. The Kier molecular flexibility index (Phi) is 4.95. The molecule has 0 heterocycles. The van der Waals surface area contributed by atoms with Crippen LogP contribution in [0.1, 0.15) is 40.0 Å². The van der Waals surface area contributed by atoms with E-state index in [1.807, 2.05) is 13.8 Å². The largest absolute Gasteiger partial charge is 0.507 e.